The van der Waals surface area contributed by atoms with Gasteiger partial charge in [-0.05, 0) is 12.1 Å². The van der Waals surface area contributed by atoms with Crippen molar-refractivity contribution >= 4 is 0 Å². The smallest absolute Gasteiger partial charge is 0.197 e. The highest BCUT2D eigenvalue weighted by molar-refractivity contribution is 5.46. The quantitative estimate of drug-likeness (QED) is 0.765. The summed E-state index contributed by atoms with van der Waals surface area (Å²) < 4.78 is 22.9. The molecule has 4 heteroatoms. The molecule has 0 heterocycles. The van der Waals surface area contributed by atoms with E-state index in [4.69, 9.17) is 15.2 Å². The Morgan fingerprint density at radius 2 is 2.00 bits per heavy atom. The second-order valence-electron chi connectivity index (χ2n) is 2.39. The van der Waals surface area contributed by atoms with Gasteiger partial charge in [-0.3, -0.25) is 0 Å². The molecule has 71 valence electrons. The van der Waals surface area contributed by atoms with Crippen LogP contribution in [-0.4, -0.2) is 14.2 Å². The third-order valence-electron chi connectivity index (χ3n) is 1.68. The van der Waals surface area contributed by atoms with E-state index in [-0.39, 0.29) is 12.3 Å². The van der Waals surface area contributed by atoms with E-state index in [1.165, 1.54) is 20.3 Å². The molecule has 0 aromatic heterocycles. The summed E-state index contributed by atoms with van der Waals surface area (Å²) in [7, 11) is 2.81. The average molecular weight is 184 g/mol. The lowest BCUT2D eigenvalue weighted by atomic mass is 10.2. The number of halogens is 1. The summed E-state index contributed by atoms with van der Waals surface area (Å²) in [6, 6.07) is 3.86. The van der Waals surface area contributed by atoms with Gasteiger partial charge in [0, 0.05) is 12.1 Å². The van der Waals surface area contributed by atoms with E-state index in [1.54, 1.807) is 0 Å². The summed E-state index contributed by atoms with van der Waals surface area (Å²) in [5.74, 6) is -0.122. The Morgan fingerprint density at radius 1 is 1.38 bits per heavy atom. The Balaban J connectivity index is 3.27. The maximum absolute atomic E-state index is 13.1. The molecule has 0 amide bonds. The monoisotopic (exact) mass is 184 g/mol. The minimum atomic E-state index is -0.503. The van der Waals surface area contributed by atoms with Crippen molar-refractivity contribution in [1.29, 1.82) is 0 Å². The van der Waals surface area contributed by atoms with Gasteiger partial charge in [-0.1, -0.05) is 0 Å². The van der Waals surface area contributed by atoms with Crippen LogP contribution in [0.5, 0.6) is 11.5 Å². The Kier molecular flexibility index (Phi) is 3.08. The number of benzene rings is 1. The molecule has 0 aliphatic rings. The lowest BCUT2D eigenvalue weighted by Gasteiger charge is -2.11. The van der Waals surface area contributed by atoms with Crippen LogP contribution in [0.25, 0.3) is 0 Å². The first-order chi connectivity index (χ1) is 6.24. The van der Waals surface area contributed by atoms with E-state index in [0.29, 0.717) is 11.3 Å². The van der Waals surface area contributed by atoms with Gasteiger partial charge in [0.15, 0.2) is 17.3 Å². The van der Waals surface area contributed by atoms with Gasteiger partial charge >= 0.3 is 0 Å². The van der Waals surface area contributed by atoms with E-state index in [0.717, 1.165) is 0 Å². The average Bonchev–Trinajstić information content (AvgIpc) is 2.17. The topological polar surface area (TPSA) is 44.5 Å². The molecule has 0 saturated carbocycles. The molecular weight excluding hydrogens is 173 g/mol. The summed E-state index contributed by atoms with van der Waals surface area (Å²) in [6.45, 7) is 0.236. The van der Waals surface area contributed by atoms with Crippen molar-refractivity contribution in [2.75, 3.05) is 14.2 Å². The SMILES string of the molecule is COc1c(CN)[c]cc(F)c1OC. The predicted octanol–water partition coefficient (Wildman–Crippen LogP) is 1.10. The predicted molar refractivity (Wildman–Crippen MR) is 46.2 cm³/mol. The van der Waals surface area contributed by atoms with Crippen LogP contribution in [0.3, 0.4) is 0 Å². The molecule has 0 aliphatic carbocycles. The largest absolute Gasteiger partial charge is 0.492 e. The Bertz CT molecular complexity index is 302. The normalized spacial score (nSPS) is 9.85. The molecule has 0 atom stereocenters. The fourth-order valence-corrected chi connectivity index (χ4v) is 1.08. The number of methoxy groups -OCH3 is 2. The fraction of sp³-hybridized carbons (Fsp3) is 0.333. The molecule has 1 aromatic carbocycles. The van der Waals surface area contributed by atoms with Crippen LogP contribution in [0.15, 0.2) is 6.07 Å². The highest BCUT2D eigenvalue weighted by Crippen LogP contribution is 2.32. The van der Waals surface area contributed by atoms with Crippen LogP contribution in [0.1, 0.15) is 5.56 Å². The van der Waals surface area contributed by atoms with E-state index >= 15 is 0 Å². The van der Waals surface area contributed by atoms with Crippen molar-refractivity contribution in [3.8, 4) is 11.5 Å². The molecule has 2 N–H and O–H groups in total. The molecule has 3 nitrogen and oxygen atoms in total. The molecule has 1 rings (SSSR count). The van der Waals surface area contributed by atoms with Crippen LogP contribution < -0.4 is 15.2 Å². The standard InChI is InChI=1S/C9H11FNO2/c1-12-8-6(5-11)3-4-7(10)9(8)13-2/h4H,5,11H2,1-2H3. The maximum Gasteiger partial charge on any atom is 0.197 e. The number of nitrogens with two attached hydrogens (primary N) is 1. The van der Waals surface area contributed by atoms with E-state index in [9.17, 15) is 4.39 Å². The van der Waals surface area contributed by atoms with E-state index in [2.05, 4.69) is 6.07 Å². The first-order valence-electron chi connectivity index (χ1n) is 3.75. The number of hydrogen-bond acceptors (Lipinski definition) is 3. The van der Waals surface area contributed by atoms with Gasteiger partial charge in [0.2, 0.25) is 0 Å². The molecule has 0 bridgehead atoms. The Labute approximate surface area is 76.3 Å². The number of ether oxygens (including phenoxy) is 2. The van der Waals surface area contributed by atoms with Gasteiger partial charge in [0.25, 0.3) is 0 Å². The third-order valence-corrected chi connectivity index (χ3v) is 1.68. The van der Waals surface area contributed by atoms with Crippen LogP contribution in [0.4, 0.5) is 4.39 Å². The molecule has 1 radical (unpaired) electrons. The van der Waals surface area contributed by atoms with Crippen LogP contribution in [-0.2, 0) is 6.54 Å². The van der Waals surface area contributed by atoms with Gasteiger partial charge in [0.05, 0.1) is 14.2 Å². The maximum atomic E-state index is 13.1. The molecule has 0 spiro atoms. The third kappa shape index (κ3) is 1.72. The van der Waals surface area contributed by atoms with Crippen molar-refractivity contribution in [2.24, 2.45) is 5.73 Å². The van der Waals surface area contributed by atoms with Gasteiger partial charge < -0.3 is 15.2 Å². The lowest BCUT2D eigenvalue weighted by Crippen LogP contribution is -2.03. The highest BCUT2D eigenvalue weighted by Gasteiger charge is 2.13. The van der Waals surface area contributed by atoms with Gasteiger partial charge in [-0.2, -0.15) is 0 Å². The number of rotatable bonds is 3. The Hall–Kier alpha value is -1.29. The second kappa shape index (κ2) is 4.09. The second-order valence-corrected chi connectivity index (χ2v) is 2.39. The van der Waals surface area contributed by atoms with Crippen molar-refractivity contribution in [2.45, 2.75) is 6.54 Å². The van der Waals surface area contributed by atoms with Gasteiger partial charge in [-0.15, -0.1) is 0 Å². The lowest BCUT2D eigenvalue weighted by molar-refractivity contribution is 0.334. The van der Waals surface area contributed by atoms with Gasteiger partial charge in [0.1, 0.15) is 0 Å². The first-order valence-corrected chi connectivity index (χ1v) is 3.75. The minimum Gasteiger partial charge on any atom is -0.492 e. The van der Waals surface area contributed by atoms with Crippen molar-refractivity contribution in [3.63, 3.8) is 0 Å². The molecule has 0 unspecified atom stereocenters. The summed E-state index contributed by atoms with van der Waals surface area (Å²) in [6.07, 6.45) is 0. The van der Waals surface area contributed by atoms with Crippen molar-refractivity contribution < 1.29 is 13.9 Å². The molecule has 0 fully saturated rings. The molecule has 0 aliphatic heterocycles. The molecule has 13 heavy (non-hydrogen) atoms. The molecular formula is C9H11FNO2. The van der Waals surface area contributed by atoms with Gasteiger partial charge in [-0.25, -0.2) is 4.39 Å². The molecule has 1 aromatic rings. The minimum absolute atomic E-state index is 0.0710. The summed E-state index contributed by atoms with van der Waals surface area (Å²) in [5, 5.41) is 0. The number of hydrogen-bond donors (Lipinski definition) is 1. The van der Waals surface area contributed by atoms with Crippen molar-refractivity contribution in [3.05, 3.63) is 23.5 Å². The van der Waals surface area contributed by atoms with Crippen LogP contribution in [0.2, 0.25) is 0 Å². The summed E-state index contributed by atoms with van der Waals surface area (Å²) in [5.41, 5.74) is 6.01. The van der Waals surface area contributed by atoms with E-state index in [1.807, 2.05) is 0 Å². The molecule has 0 saturated heterocycles. The van der Waals surface area contributed by atoms with Crippen molar-refractivity contribution in [1.82, 2.24) is 0 Å². The zero-order chi connectivity index (χ0) is 9.84. The van der Waals surface area contributed by atoms with E-state index < -0.39 is 5.82 Å². The summed E-state index contributed by atoms with van der Waals surface area (Å²) >= 11 is 0. The fourth-order valence-electron chi connectivity index (χ4n) is 1.08. The first kappa shape index (κ1) is 9.80. The zero-order valence-electron chi connectivity index (χ0n) is 7.56. The van der Waals surface area contributed by atoms with Crippen LogP contribution in [0, 0.1) is 11.9 Å². The highest BCUT2D eigenvalue weighted by atomic mass is 19.1. The van der Waals surface area contributed by atoms with Crippen LogP contribution >= 0.6 is 0 Å². The Morgan fingerprint density at radius 3 is 2.46 bits per heavy atom. The zero-order valence-corrected chi connectivity index (χ0v) is 7.56. The summed E-state index contributed by atoms with van der Waals surface area (Å²) in [4.78, 5) is 0.